The van der Waals surface area contributed by atoms with Gasteiger partial charge in [0, 0.05) is 37.0 Å². The van der Waals surface area contributed by atoms with Crippen LogP contribution in [0.25, 0.3) is 0 Å². The molecule has 3 rings (SSSR count). The molecule has 1 aliphatic rings. The molecular formula is C20H21FN4O4. The van der Waals surface area contributed by atoms with Crippen molar-refractivity contribution in [2.75, 3.05) is 25.0 Å². The second-order valence-corrected chi connectivity index (χ2v) is 6.75. The Bertz CT molecular complexity index is 911. The molecule has 29 heavy (non-hydrogen) atoms. The van der Waals surface area contributed by atoms with Gasteiger partial charge in [-0.25, -0.2) is 0 Å². The molecule has 152 valence electrons. The number of rotatable bonds is 7. The lowest BCUT2D eigenvalue weighted by molar-refractivity contribution is -0.387. The molecule has 0 unspecified atom stereocenters. The van der Waals surface area contributed by atoms with E-state index in [1.807, 2.05) is 4.90 Å². The van der Waals surface area contributed by atoms with Crippen molar-refractivity contribution in [3.8, 4) is 0 Å². The maximum absolute atomic E-state index is 13.3. The van der Waals surface area contributed by atoms with E-state index in [0.717, 1.165) is 43.6 Å². The molecule has 0 saturated carbocycles. The molecule has 0 atom stereocenters. The van der Waals surface area contributed by atoms with E-state index in [1.54, 1.807) is 24.3 Å². The third kappa shape index (κ3) is 5.28. The lowest BCUT2D eigenvalue weighted by Crippen LogP contribution is -2.29. The number of carbonyl (C=O) groups excluding carboxylic acids is 2. The Morgan fingerprint density at radius 2 is 1.79 bits per heavy atom. The summed E-state index contributed by atoms with van der Waals surface area (Å²) in [6.45, 7) is 1.75. The van der Waals surface area contributed by atoms with Crippen molar-refractivity contribution >= 4 is 23.2 Å². The standard InChI is InChI=1S/C20H21FN4O4/c21-17-8-7-16(11-18(17)25(28)29)22-13-19(26)23-12-14-3-5-15(6-4-14)20(27)24-9-1-2-10-24/h3-8,11,22H,1-2,9-10,12-13H2,(H,23,26). The van der Waals surface area contributed by atoms with Gasteiger partial charge in [-0.2, -0.15) is 4.39 Å². The van der Waals surface area contributed by atoms with E-state index in [9.17, 15) is 24.1 Å². The molecule has 0 bridgehead atoms. The van der Waals surface area contributed by atoms with Gasteiger partial charge in [-0.1, -0.05) is 12.1 Å². The minimum atomic E-state index is -0.934. The molecular weight excluding hydrogens is 379 g/mol. The number of nitrogens with zero attached hydrogens (tertiary/aromatic N) is 2. The Kier molecular flexibility index (Phi) is 6.38. The number of amides is 2. The summed E-state index contributed by atoms with van der Waals surface area (Å²) in [6, 6.07) is 10.4. The van der Waals surface area contributed by atoms with E-state index in [1.165, 1.54) is 6.07 Å². The second-order valence-electron chi connectivity index (χ2n) is 6.75. The Morgan fingerprint density at radius 1 is 1.10 bits per heavy atom. The molecule has 0 spiro atoms. The van der Waals surface area contributed by atoms with E-state index < -0.39 is 16.4 Å². The molecule has 1 aliphatic heterocycles. The fraction of sp³-hybridized carbons (Fsp3) is 0.300. The molecule has 1 fully saturated rings. The van der Waals surface area contributed by atoms with Gasteiger partial charge in [0.2, 0.25) is 11.7 Å². The van der Waals surface area contributed by atoms with Crippen molar-refractivity contribution in [1.82, 2.24) is 10.2 Å². The van der Waals surface area contributed by atoms with Crippen LogP contribution in [0.4, 0.5) is 15.8 Å². The third-order valence-corrected chi connectivity index (χ3v) is 4.68. The van der Waals surface area contributed by atoms with Crippen LogP contribution in [0.15, 0.2) is 42.5 Å². The fourth-order valence-corrected chi connectivity index (χ4v) is 3.08. The molecule has 0 aromatic heterocycles. The Hall–Kier alpha value is -3.49. The lowest BCUT2D eigenvalue weighted by Gasteiger charge is -2.15. The summed E-state index contributed by atoms with van der Waals surface area (Å²) in [6.07, 6.45) is 2.07. The molecule has 1 saturated heterocycles. The number of hydrogen-bond acceptors (Lipinski definition) is 5. The van der Waals surface area contributed by atoms with Crippen molar-refractivity contribution in [3.05, 3.63) is 69.5 Å². The first-order chi connectivity index (χ1) is 13.9. The first kappa shape index (κ1) is 20.2. The first-order valence-corrected chi connectivity index (χ1v) is 9.27. The average Bonchev–Trinajstić information content (AvgIpc) is 3.26. The summed E-state index contributed by atoms with van der Waals surface area (Å²) in [5, 5.41) is 16.2. The van der Waals surface area contributed by atoms with Gasteiger partial charge in [0.1, 0.15) is 0 Å². The minimum Gasteiger partial charge on any atom is -0.376 e. The van der Waals surface area contributed by atoms with E-state index in [0.29, 0.717) is 5.56 Å². The van der Waals surface area contributed by atoms with Gasteiger partial charge in [0.05, 0.1) is 11.5 Å². The maximum Gasteiger partial charge on any atom is 0.306 e. The fourth-order valence-electron chi connectivity index (χ4n) is 3.08. The van der Waals surface area contributed by atoms with Gasteiger partial charge in [-0.15, -0.1) is 0 Å². The molecule has 2 aromatic carbocycles. The summed E-state index contributed by atoms with van der Waals surface area (Å²) < 4.78 is 13.3. The van der Waals surface area contributed by atoms with Crippen LogP contribution in [0.2, 0.25) is 0 Å². The summed E-state index contributed by atoms with van der Waals surface area (Å²) >= 11 is 0. The van der Waals surface area contributed by atoms with Crippen LogP contribution in [0.5, 0.6) is 0 Å². The summed E-state index contributed by atoms with van der Waals surface area (Å²) in [7, 11) is 0. The Morgan fingerprint density at radius 3 is 2.45 bits per heavy atom. The van der Waals surface area contributed by atoms with Gasteiger partial charge in [-0.3, -0.25) is 19.7 Å². The predicted molar refractivity (Wildman–Crippen MR) is 105 cm³/mol. The zero-order valence-corrected chi connectivity index (χ0v) is 15.7. The molecule has 2 amide bonds. The lowest BCUT2D eigenvalue weighted by atomic mass is 10.1. The third-order valence-electron chi connectivity index (χ3n) is 4.68. The number of nitro benzene ring substituents is 1. The molecule has 2 aromatic rings. The summed E-state index contributed by atoms with van der Waals surface area (Å²) in [4.78, 5) is 36.1. The molecule has 8 nitrogen and oxygen atoms in total. The smallest absolute Gasteiger partial charge is 0.306 e. The number of benzene rings is 2. The molecule has 1 heterocycles. The van der Waals surface area contributed by atoms with E-state index in [-0.39, 0.29) is 30.6 Å². The average molecular weight is 400 g/mol. The van der Waals surface area contributed by atoms with Crippen LogP contribution in [0.3, 0.4) is 0 Å². The van der Waals surface area contributed by atoms with Crippen molar-refractivity contribution in [2.45, 2.75) is 19.4 Å². The zero-order valence-electron chi connectivity index (χ0n) is 15.7. The van der Waals surface area contributed by atoms with E-state index >= 15 is 0 Å². The highest BCUT2D eigenvalue weighted by Crippen LogP contribution is 2.21. The van der Waals surface area contributed by atoms with Gasteiger partial charge >= 0.3 is 5.69 Å². The maximum atomic E-state index is 13.3. The quantitative estimate of drug-likeness (QED) is 0.549. The van der Waals surface area contributed by atoms with Crippen molar-refractivity contribution < 1.29 is 18.9 Å². The summed E-state index contributed by atoms with van der Waals surface area (Å²) in [5.74, 6) is -1.23. The van der Waals surface area contributed by atoms with Crippen LogP contribution in [0.1, 0.15) is 28.8 Å². The molecule has 2 N–H and O–H groups in total. The van der Waals surface area contributed by atoms with E-state index in [2.05, 4.69) is 10.6 Å². The predicted octanol–water partition coefficient (Wildman–Crippen LogP) is 2.70. The minimum absolute atomic E-state index is 0.0238. The van der Waals surface area contributed by atoms with Crippen molar-refractivity contribution in [2.24, 2.45) is 0 Å². The largest absolute Gasteiger partial charge is 0.376 e. The number of halogens is 1. The molecule has 0 radical (unpaired) electrons. The topological polar surface area (TPSA) is 105 Å². The number of nitrogens with one attached hydrogen (secondary N) is 2. The van der Waals surface area contributed by atoms with Crippen molar-refractivity contribution in [3.63, 3.8) is 0 Å². The van der Waals surface area contributed by atoms with Crippen molar-refractivity contribution in [1.29, 1.82) is 0 Å². The number of anilines is 1. The van der Waals surface area contributed by atoms with Crippen LogP contribution < -0.4 is 10.6 Å². The monoisotopic (exact) mass is 400 g/mol. The zero-order chi connectivity index (χ0) is 20.8. The molecule has 9 heteroatoms. The Labute approximate surface area is 166 Å². The summed E-state index contributed by atoms with van der Waals surface area (Å²) in [5.41, 5.74) is 1.09. The highest BCUT2D eigenvalue weighted by atomic mass is 19.1. The Balaban J connectivity index is 1.47. The number of hydrogen-bond donors (Lipinski definition) is 2. The second kappa shape index (κ2) is 9.13. The van der Waals surface area contributed by atoms with Crippen LogP contribution in [-0.2, 0) is 11.3 Å². The first-order valence-electron chi connectivity index (χ1n) is 9.27. The number of carbonyl (C=O) groups is 2. The number of nitro groups is 1. The van der Waals surface area contributed by atoms with Crippen LogP contribution >= 0.6 is 0 Å². The van der Waals surface area contributed by atoms with Gasteiger partial charge in [-0.05, 0) is 42.7 Å². The normalized spacial score (nSPS) is 13.2. The van der Waals surface area contributed by atoms with Gasteiger partial charge < -0.3 is 15.5 Å². The molecule has 0 aliphatic carbocycles. The SMILES string of the molecule is O=C(CNc1ccc(F)c([N+](=O)[O-])c1)NCc1ccc(C(=O)N2CCCC2)cc1. The van der Waals surface area contributed by atoms with Crippen LogP contribution in [-0.4, -0.2) is 41.3 Å². The van der Waals surface area contributed by atoms with E-state index in [4.69, 9.17) is 0 Å². The highest BCUT2D eigenvalue weighted by Gasteiger charge is 2.19. The highest BCUT2D eigenvalue weighted by molar-refractivity contribution is 5.94. The van der Waals surface area contributed by atoms with Crippen LogP contribution in [0, 0.1) is 15.9 Å². The number of likely N-dealkylation sites (tertiary alicyclic amines) is 1. The van der Waals surface area contributed by atoms with Gasteiger partial charge in [0.25, 0.3) is 5.91 Å². The van der Waals surface area contributed by atoms with Gasteiger partial charge in [0.15, 0.2) is 0 Å².